The van der Waals surface area contributed by atoms with E-state index in [1.54, 1.807) is 39.0 Å². The van der Waals surface area contributed by atoms with Gasteiger partial charge in [0.25, 0.3) is 5.91 Å². The second-order valence-electron chi connectivity index (χ2n) is 25.2. The van der Waals surface area contributed by atoms with Gasteiger partial charge in [-0.1, -0.05) is 26.8 Å². The number of ether oxygens (including phenoxy) is 9. The number of hydrogen-bond donors (Lipinski definition) is 6. The van der Waals surface area contributed by atoms with Gasteiger partial charge in [-0.15, -0.1) is 0 Å². The molecule has 13 rings (SSSR count). The average molecular weight is 1150 g/mol. The van der Waals surface area contributed by atoms with Gasteiger partial charge >= 0.3 is 35.8 Å². The van der Waals surface area contributed by atoms with Crippen LogP contribution in [-0.4, -0.2) is 141 Å². The van der Waals surface area contributed by atoms with Gasteiger partial charge in [0.05, 0.1) is 41.4 Å². The molecule has 2 spiro atoms. The lowest BCUT2D eigenvalue weighted by Gasteiger charge is -2.67. The summed E-state index contributed by atoms with van der Waals surface area (Å²) in [5.74, 6) is -13.0. The summed E-state index contributed by atoms with van der Waals surface area (Å²) >= 11 is 0. The van der Waals surface area contributed by atoms with Crippen molar-refractivity contribution >= 4 is 47.6 Å². The van der Waals surface area contributed by atoms with Crippen molar-refractivity contribution < 1.29 is 101 Å². The van der Waals surface area contributed by atoms with E-state index in [4.69, 9.17) is 42.6 Å². The van der Waals surface area contributed by atoms with Crippen LogP contribution in [0.1, 0.15) is 113 Å². The van der Waals surface area contributed by atoms with E-state index in [9.17, 15) is 58.8 Å². The smallest absolute Gasteiger partial charge is 0.341 e. The van der Waals surface area contributed by atoms with Crippen molar-refractivity contribution in [2.75, 3.05) is 6.54 Å². The molecule has 5 aliphatic heterocycles. The van der Waals surface area contributed by atoms with Crippen LogP contribution in [-0.2, 0) is 62.8 Å². The Labute approximate surface area is 474 Å². The number of benzene rings is 3. The van der Waals surface area contributed by atoms with E-state index in [1.807, 2.05) is 6.92 Å². The number of rotatable bonds is 9. The van der Waals surface area contributed by atoms with Crippen LogP contribution in [0.5, 0.6) is 23.0 Å². The van der Waals surface area contributed by atoms with E-state index >= 15 is 0 Å². The van der Waals surface area contributed by atoms with Gasteiger partial charge in [-0.3, -0.25) is 28.8 Å². The first-order chi connectivity index (χ1) is 39.1. The molecule has 23 heteroatoms. The number of hydrogen-bond acceptors (Lipinski definition) is 21. The molecule has 440 valence electrons. The van der Waals surface area contributed by atoms with Crippen LogP contribution in [0.4, 0.5) is 0 Å². The second kappa shape index (κ2) is 18.0. The fourth-order valence-electron chi connectivity index (χ4n) is 17.9. The monoisotopic (exact) mass is 1150 g/mol. The normalized spacial score (nSPS) is 41.5. The highest BCUT2D eigenvalue weighted by Crippen LogP contribution is 2.81. The molecule has 2 unspecified atom stereocenters. The molecule has 5 saturated carbocycles. The summed E-state index contributed by atoms with van der Waals surface area (Å²) in [6.07, 6.45) is -8.98. The minimum atomic E-state index is -2.20. The number of nitrogens with one attached hydrogen (secondary N) is 2. The maximum Gasteiger partial charge on any atom is 0.341 e. The van der Waals surface area contributed by atoms with Crippen LogP contribution >= 0.6 is 0 Å². The number of aliphatic hydroxyl groups is 4. The van der Waals surface area contributed by atoms with Crippen molar-refractivity contribution in [3.05, 3.63) is 82.4 Å². The summed E-state index contributed by atoms with van der Waals surface area (Å²) < 4.78 is 54.0. The first kappa shape index (κ1) is 55.2. The zero-order valence-corrected chi connectivity index (χ0v) is 46.8. The largest absolute Gasteiger partial charge is 0.458 e. The standard InChI is InChI=1S/C60H64N2O21/c1-22-40-43(57(8)58(9,74)54(73)83-60(57)50(22)81-60)46(69)41-39-42(48(77-25(4)65)51(56(40,41)7)78-26(5)66)55(6)34(21-37-47(80-37)49(55)70)44(45(39)68)62-38(67)16-17-61-52(71)27-10-13-31-30(18-27)53(72)82-59(31)32-14-11-28(75-23(2)63)19-35(32)79-36-20-29(76-24(3)64)12-15-33(36)59/h10-15,18-20,22,34,37,39-51,68-70,74H,16-17,21H2,1-9H3,(H,61,71)(H,62,67)/t22-,34+,37-,39?,40-,41+,42?,43-,44-,45+,46+,47-,48-,49-,50+,51-,55-,56+,57-,58+,60-/m0/s1. The average Bonchev–Trinajstić information content (AvgIpc) is 1.47. The number of fused-ring (bicyclic) bond motifs is 15. The maximum absolute atomic E-state index is 14.4. The summed E-state index contributed by atoms with van der Waals surface area (Å²) in [4.78, 5) is 107. The van der Waals surface area contributed by atoms with E-state index in [2.05, 4.69) is 10.6 Å². The first-order valence-corrected chi connectivity index (χ1v) is 28.0. The quantitative estimate of drug-likeness (QED) is 0.0776. The third-order valence-corrected chi connectivity index (χ3v) is 21.2. The second-order valence-corrected chi connectivity index (χ2v) is 25.2. The van der Waals surface area contributed by atoms with E-state index in [0.717, 1.165) is 0 Å². The molecule has 83 heavy (non-hydrogen) atoms. The van der Waals surface area contributed by atoms with Gasteiger partial charge in [-0.2, -0.15) is 0 Å². The van der Waals surface area contributed by atoms with Crippen LogP contribution < -0.4 is 24.8 Å². The molecule has 0 radical (unpaired) electrons. The van der Waals surface area contributed by atoms with Crippen LogP contribution in [0.15, 0.2) is 54.6 Å². The third kappa shape index (κ3) is 7.23. The van der Waals surface area contributed by atoms with Crippen molar-refractivity contribution in [2.24, 2.45) is 57.7 Å². The van der Waals surface area contributed by atoms with Gasteiger partial charge in [0.2, 0.25) is 11.7 Å². The fraction of sp³-hybridized carbons (Fsp3) is 0.567. The number of epoxide rings is 2. The predicted molar refractivity (Wildman–Crippen MR) is 277 cm³/mol. The number of aliphatic hydroxyl groups excluding tert-OH is 3. The summed E-state index contributed by atoms with van der Waals surface area (Å²) in [6, 6.07) is 12.4. The molecule has 0 aromatic heterocycles. The maximum atomic E-state index is 14.4. The van der Waals surface area contributed by atoms with E-state index < -0.39 is 177 Å². The SMILES string of the molecule is CC(=O)Oc1ccc2c(c1)Oc1cc(OC(C)=O)ccc1C21OC(=O)c2cc(C(=O)NCCC(=O)N[C@@H]3[C@H](O)C4C([C@H](OC(C)=O)[C@H](OC(C)=O)[C@]5(C)[C@H]6[C@H](C)[C@H]7O[C@]78OC(=O)[C@@](C)(O)[C@]8(C)[C@@H]6[C@H](O)[C@@H]45)[C@]4(C)[C@@H]3C[C@@H]3O[C@@H]3[C@@H]4O)ccc21. The van der Waals surface area contributed by atoms with E-state index in [-0.39, 0.29) is 53.5 Å². The molecule has 10 aliphatic rings. The molecule has 8 fully saturated rings. The fourth-order valence-corrected chi connectivity index (χ4v) is 17.9. The van der Waals surface area contributed by atoms with E-state index in [0.29, 0.717) is 16.7 Å². The van der Waals surface area contributed by atoms with Gasteiger partial charge in [-0.05, 0) is 80.3 Å². The van der Waals surface area contributed by atoms with Crippen LogP contribution in [0.2, 0.25) is 0 Å². The number of esters is 6. The summed E-state index contributed by atoms with van der Waals surface area (Å²) in [7, 11) is 0. The molecule has 23 nitrogen and oxygen atoms in total. The van der Waals surface area contributed by atoms with Gasteiger partial charge in [0.1, 0.15) is 47.4 Å². The molecule has 5 heterocycles. The van der Waals surface area contributed by atoms with Gasteiger partial charge in [0.15, 0.2) is 11.2 Å². The highest BCUT2D eigenvalue weighted by molar-refractivity contribution is 6.02. The Bertz CT molecular complexity index is 3350. The zero-order valence-electron chi connectivity index (χ0n) is 46.8. The Balaban J connectivity index is 0.798. The molecule has 0 bridgehead atoms. The minimum absolute atomic E-state index is 0.0377. The predicted octanol–water partition coefficient (Wildman–Crippen LogP) is 2.64. The van der Waals surface area contributed by atoms with Crippen molar-refractivity contribution in [3.63, 3.8) is 0 Å². The van der Waals surface area contributed by atoms with Gasteiger partial charge in [0, 0.05) is 104 Å². The Kier molecular flexibility index (Phi) is 12.0. The molecule has 3 aromatic rings. The first-order valence-electron chi connectivity index (χ1n) is 28.0. The third-order valence-electron chi connectivity index (χ3n) is 21.2. The lowest BCUT2D eigenvalue weighted by atomic mass is 9.40. The molecule has 5 aliphatic carbocycles. The molecule has 21 atom stereocenters. The van der Waals surface area contributed by atoms with Crippen molar-refractivity contribution in [1.82, 2.24) is 10.6 Å². The van der Waals surface area contributed by atoms with Gasteiger partial charge in [-0.25, -0.2) is 9.59 Å². The summed E-state index contributed by atoms with van der Waals surface area (Å²) in [5, 5.41) is 57.1. The van der Waals surface area contributed by atoms with Crippen molar-refractivity contribution in [2.45, 2.75) is 147 Å². The highest BCUT2D eigenvalue weighted by atomic mass is 16.8. The molecular formula is C60H64N2O21. The summed E-state index contributed by atoms with van der Waals surface area (Å²) in [5.41, 5.74) is -7.09. The number of amides is 2. The topological polar surface area (TPSA) is 331 Å². The van der Waals surface area contributed by atoms with Crippen LogP contribution in [0, 0.1) is 57.7 Å². The Morgan fingerprint density at radius 1 is 0.723 bits per heavy atom. The molecule has 3 aromatic carbocycles. The Morgan fingerprint density at radius 2 is 1.35 bits per heavy atom. The molecular weight excluding hydrogens is 1080 g/mol. The van der Waals surface area contributed by atoms with Crippen molar-refractivity contribution in [1.29, 1.82) is 0 Å². The number of carbonyl (C=O) groups excluding carboxylic acids is 8. The molecule has 6 N–H and O–H groups in total. The lowest BCUT2D eigenvalue weighted by molar-refractivity contribution is -0.285. The Hall–Kier alpha value is -7.02. The minimum Gasteiger partial charge on any atom is -0.458 e. The highest BCUT2D eigenvalue weighted by Gasteiger charge is 2.93. The van der Waals surface area contributed by atoms with Crippen LogP contribution in [0.3, 0.4) is 0 Å². The van der Waals surface area contributed by atoms with Crippen LogP contribution in [0.25, 0.3) is 0 Å². The summed E-state index contributed by atoms with van der Waals surface area (Å²) in [6.45, 7) is 13.0. The van der Waals surface area contributed by atoms with E-state index in [1.165, 1.54) is 71.0 Å². The number of carbonyl (C=O) groups is 8. The molecule has 3 saturated heterocycles. The Morgan fingerprint density at radius 3 is 1.96 bits per heavy atom. The zero-order chi connectivity index (χ0) is 59.3. The molecule has 2 amide bonds. The van der Waals surface area contributed by atoms with Crippen molar-refractivity contribution in [3.8, 4) is 23.0 Å². The lowest BCUT2D eigenvalue weighted by Crippen LogP contribution is -2.76. The van der Waals surface area contributed by atoms with Gasteiger partial charge < -0.3 is 73.7 Å².